The summed E-state index contributed by atoms with van der Waals surface area (Å²) in [7, 11) is 0. The number of anilines is 3. The van der Waals surface area contributed by atoms with Gasteiger partial charge < -0.3 is 9.47 Å². The van der Waals surface area contributed by atoms with Crippen LogP contribution in [-0.2, 0) is 0 Å². The van der Waals surface area contributed by atoms with E-state index in [9.17, 15) is 0 Å². The van der Waals surface area contributed by atoms with E-state index < -0.39 is 0 Å². The Morgan fingerprint density at radius 3 is 1.49 bits per heavy atom. The molecule has 0 amide bonds. The Labute approximate surface area is 300 Å². The average molecular weight is 669 g/mol. The molecule has 10 rings (SSSR count). The molecule has 51 heavy (non-hydrogen) atoms. The van der Waals surface area contributed by atoms with Crippen LogP contribution in [0.25, 0.3) is 69.9 Å². The topological polar surface area (TPSA) is 8.17 Å². The molecule has 0 bridgehead atoms. The molecule has 0 radical (unpaired) electrons. The number of thiophene rings is 1. The number of para-hydroxylation sites is 2. The molecule has 3 heteroatoms. The minimum absolute atomic E-state index is 1.12. The molecule has 240 valence electrons. The Hall–Kier alpha value is -6.42. The van der Waals surface area contributed by atoms with Crippen LogP contribution in [0.5, 0.6) is 0 Å². The van der Waals surface area contributed by atoms with E-state index in [1.807, 2.05) is 11.3 Å². The fraction of sp³-hybridized carbons (Fsp3) is 0. The smallest absolute Gasteiger partial charge is 0.0640 e. The van der Waals surface area contributed by atoms with Gasteiger partial charge in [0.05, 0.1) is 21.4 Å². The van der Waals surface area contributed by atoms with Gasteiger partial charge in [-0.1, -0.05) is 140 Å². The molecule has 2 nitrogen and oxygen atoms in total. The second-order valence-electron chi connectivity index (χ2n) is 12.9. The first kappa shape index (κ1) is 29.5. The van der Waals surface area contributed by atoms with E-state index in [1.54, 1.807) is 0 Å². The summed E-state index contributed by atoms with van der Waals surface area (Å²) in [4.78, 5) is 2.42. The highest BCUT2D eigenvalue weighted by Gasteiger charge is 2.21. The fourth-order valence-corrected chi connectivity index (χ4v) is 8.98. The maximum Gasteiger partial charge on any atom is 0.0640 e. The highest BCUT2D eigenvalue weighted by atomic mass is 32.1. The minimum atomic E-state index is 1.12. The molecule has 0 fully saturated rings. The molecule has 0 spiro atoms. The number of hydrogen-bond acceptors (Lipinski definition) is 2. The maximum atomic E-state index is 2.42. The number of aromatic nitrogens is 1. The first-order valence-electron chi connectivity index (χ1n) is 17.4. The van der Waals surface area contributed by atoms with Crippen LogP contribution in [-0.4, -0.2) is 4.57 Å². The van der Waals surface area contributed by atoms with Crippen molar-refractivity contribution in [3.63, 3.8) is 0 Å². The van der Waals surface area contributed by atoms with Gasteiger partial charge in [0, 0.05) is 43.3 Å². The summed E-state index contributed by atoms with van der Waals surface area (Å²) in [6.45, 7) is 0. The monoisotopic (exact) mass is 668 g/mol. The molecule has 8 aromatic carbocycles. The second kappa shape index (κ2) is 12.2. The summed E-state index contributed by atoms with van der Waals surface area (Å²) in [6.07, 6.45) is 0. The van der Waals surface area contributed by atoms with Crippen molar-refractivity contribution in [1.82, 2.24) is 4.57 Å². The van der Waals surface area contributed by atoms with Gasteiger partial charge in [0.15, 0.2) is 0 Å². The van der Waals surface area contributed by atoms with Gasteiger partial charge >= 0.3 is 0 Å². The van der Waals surface area contributed by atoms with Crippen molar-refractivity contribution in [3.05, 3.63) is 194 Å². The number of benzene rings is 8. The zero-order valence-corrected chi connectivity index (χ0v) is 28.6. The van der Waals surface area contributed by atoms with Crippen molar-refractivity contribution in [3.8, 4) is 27.9 Å². The molecule has 0 N–H and O–H groups in total. The maximum absolute atomic E-state index is 2.42. The summed E-state index contributed by atoms with van der Waals surface area (Å²) in [5.74, 6) is 0. The lowest BCUT2D eigenvalue weighted by Gasteiger charge is -2.26. The van der Waals surface area contributed by atoms with Crippen molar-refractivity contribution in [1.29, 1.82) is 0 Å². The highest BCUT2D eigenvalue weighted by Crippen LogP contribution is 2.48. The summed E-state index contributed by atoms with van der Waals surface area (Å²) in [5.41, 5.74) is 11.9. The third kappa shape index (κ3) is 4.93. The second-order valence-corrected chi connectivity index (χ2v) is 14.0. The number of nitrogens with zero attached hydrogens (tertiary/aromatic N) is 2. The fourth-order valence-electron chi connectivity index (χ4n) is 7.62. The van der Waals surface area contributed by atoms with Crippen LogP contribution in [0, 0.1) is 0 Å². The predicted octanol–water partition coefficient (Wildman–Crippen LogP) is 14.0. The summed E-state index contributed by atoms with van der Waals surface area (Å²) in [5, 5.41) is 5.15. The Morgan fingerprint density at radius 1 is 0.353 bits per heavy atom. The summed E-state index contributed by atoms with van der Waals surface area (Å²) >= 11 is 1.90. The number of fused-ring (bicyclic) bond motifs is 7. The largest absolute Gasteiger partial charge is 0.309 e. The van der Waals surface area contributed by atoms with Crippen molar-refractivity contribution >= 4 is 70.4 Å². The Kier molecular flexibility index (Phi) is 7.04. The van der Waals surface area contributed by atoms with Crippen LogP contribution in [0.4, 0.5) is 17.1 Å². The molecular weight excluding hydrogens is 637 g/mol. The Bertz CT molecular complexity index is 2730. The molecule has 0 aliphatic heterocycles. The third-order valence-electron chi connectivity index (χ3n) is 10.00. The van der Waals surface area contributed by atoms with E-state index in [2.05, 4.69) is 204 Å². The van der Waals surface area contributed by atoms with Gasteiger partial charge in [-0.15, -0.1) is 11.3 Å². The standard InChI is InChI=1S/C48H32N2S/c1-4-13-33(14-5-1)35-23-27-38(28-24-35)49(39-29-25-36(26-30-39)34-15-6-2-7-16-34)45-22-12-20-40-41-31-32-44-46(48(41)51-47(40)45)42-19-10-11-21-43(42)50(44)37-17-8-3-9-18-37/h1-32H. The van der Waals surface area contributed by atoms with Crippen molar-refractivity contribution in [2.24, 2.45) is 0 Å². The van der Waals surface area contributed by atoms with Gasteiger partial charge in [0.25, 0.3) is 0 Å². The molecule has 2 aromatic heterocycles. The van der Waals surface area contributed by atoms with Crippen molar-refractivity contribution < 1.29 is 0 Å². The first-order chi connectivity index (χ1) is 25.3. The van der Waals surface area contributed by atoms with Crippen LogP contribution < -0.4 is 4.90 Å². The molecule has 0 atom stereocenters. The minimum Gasteiger partial charge on any atom is -0.309 e. The van der Waals surface area contributed by atoms with Gasteiger partial charge in [-0.25, -0.2) is 0 Å². The van der Waals surface area contributed by atoms with E-state index >= 15 is 0 Å². The Balaban J connectivity index is 1.20. The molecule has 10 aromatic rings. The average Bonchev–Trinajstić information content (AvgIpc) is 3.76. The predicted molar refractivity (Wildman–Crippen MR) is 219 cm³/mol. The van der Waals surface area contributed by atoms with Crippen molar-refractivity contribution in [2.75, 3.05) is 4.90 Å². The van der Waals surface area contributed by atoms with Crippen LogP contribution in [0.1, 0.15) is 0 Å². The molecular formula is C48H32N2S. The third-order valence-corrected chi connectivity index (χ3v) is 11.3. The quantitative estimate of drug-likeness (QED) is 0.171. The van der Waals surface area contributed by atoms with E-state index in [-0.39, 0.29) is 0 Å². The lowest BCUT2D eigenvalue weighted by atomic mass is 10.0. The van der Waals surface area contributed by atoms with Crippen molar-refractivity contribution in [2.45, 2.75) is 0 Å². The van der Waals surface area contributed by atoms with Crippen LogP contribution in [0.3, 0.4) is 0 Å². The first-order valence-corrected chi connectivity index (χ1v) is 18.2. The molecule has 0 unspecified atom stereocenters. The molecule has 0 aliphatic rings. The van der Waals surface area contributed by atoms with Gasteiger partial charge in [0.1, 0.15) is 0 Å². The zero-order valence-electron chi connectivity index (χ0n) is 27.8. The van der Waals surface area contributed by atoms with Crippen LogP contribution in [0.2, 0.25) is 0 Å². The highest BCUT2D eigenvalue weighted by molar-refractivity contribution is 7.27. The lowest BCUT2D eigenvalue weighted by Crippen LogP contribution is -2.10. The Morgan fingerprint density at radius 2 is 0.863 bits per heavy atom. The van der Waals surface area contributed by atoms with E-state index in [1.165, 1.54) is 75.6 Å². The lowest BCUT2D eigenvalue weighted by molar-refractivity contribution is 1.18. The molecule has 0 aliphatic carbocycles. The number of rotatable bonds is 6. The normalized spacial score (nSPS) is 11.5. The van der Waals surface area contributed by atoms with E-state index in [0.29, 0.717) is 0 Å². The summed E-state index contributed by atoms with van der Waals surface area (Å²) < 4.78 is 5.00. The van der Waals surface area contributed by atoms with E-state index in [0.717, 1.165) is 11.4 Å². The van der Waals surface area contributed by atoms with Gasteiger partial charge in [-0.2, -0.15) is 0 Å². The summed E-state index contributed by atoms with van der Waals surface area (Å²) in [6, 6.07) is 70.1. The zero-order chi connectivity index (χ0) is 33.7. The van der Waals surface area contributed by atoms with Crippen LogP contribution >= 0.6 is 11.3 Å². The SMILES string of the molecule is c1ccc(-c2ccc(N(c3ccc(-c4ccccc4)cc3)c3cccc4c3sc3c4ccc4c3c3ccccc3n4-c3ccccc3)cc2)cc1. The molecule has 0 saturated heterocycles. The van der Waals surface area contributed by atoms with Gasteiger partial charge in [-0.3, -0.25) is 0 Å². The van der Waals surface area contributed by atoms with Gasteiger partial charge in [-0.05, 0) is 76.9 Å². The van der Waals surface area contributed by atoms with Gasteiger partial charge in [0.2, 0.25) is 0 Å². The van der Waals surface area contributed by atoms with Crippen LogP contribution in [0.15, 0.2) is 194 Å². The number of hydrogen-bond donors (Lipinski definition) is 0. The molecule has 0 saturated carbocycles. The van der Waals surface area contributed by atoms with E-state index in [4.69, 9.17) is 0 Å². The molecule has 2 heterocycles.